The summed E-state index contributed by atoms with van der Waals surface area (Å²) < 4.78 is 0. The van der Waals surface area contributed by atoms with E-state index in [4.69, 9.17) is 0 Å². The number of rotatable bonds is 5. The van der Waals surface area contributed by atoms with E-state index in [1.165, 1.54) is 16.9 Å². The molecule has 3 heterocycles. The molecule has 0 N–H and O–H groups in total. The van der Waals surface area contributed by atoms with Crippen LogP contribution in [0.3, 0.4) is 0 Å². The van der Waals surface area contributed by atoms with Crippen molar-refractivity contribution in [2.45, 2.75) is 52.4 Å². The molecule has 0 spiro atoms. The fourth-order valence-corrected chi connectivity index (χ4v) is 6.01. The Labute approximate surface area is 189 Å². The van der Waals surface area contributed by atoms with Crippen LogP contribution in [0.4, 0.5) is 0 Å². The summed E-state index contributed by atoms with van der Waals surface area (Å²) in [6, 6.07) is 10.4. The number of aryl methyl sites for hydroxylation is 1. The van der Waals surface area contributed by atoms with Gasteiger partial charge in [-0.3, -0.25) is 9.59 Å². The number of piperidine rings is 1. The Balaban J connectivity index is 1.40. The van der Waals surface area contributed by atoms with Crippen LogP contribution in [0.15, 0.2) is 35.8 Å². The third-order valence-electron chi connectivity index (χ3n) is 7.29. The van der Waals surface area contributed by atoms with Gasteiger partial charge < -0.3 is 9.80 Å². The molecule has 6 heteroatoms. The maximum atomic E-state index is 13.7. The van der Waals surface area contributed by atoms with Gasteiger partial charge in [-0.15, -0.1) is 11.3 Å². The Morgan fingerprint density at radius 2 is 1.90 bits per heavy atom. The Kier molecular flexibility index (Phi) is 6.75. The van der Waals surface area contributed by atoms with E-state index in [9.17, 15) is 9.59 Å². The van der Waals surface area contributed by atoms with Gasteiger partial charge >= 0.3 is 0 Å². The summed E-state index contributed by atoms with van der Waals surface area (Å²) in [6.07, 6.45) is 5.85. The lowest BCUT2D eigenvalue weighted by molar-refractivity contribution is -0.144. The van der Waals surface area contributed by atoms with Crippen molar-refractivity contribution >= 4 is 23.2 Å². The maximum absolute atomic E-state index is 13.7. The number of likely N-dealkylation sites (tertiary alicyclic amines) is 2. The zero-order chi connectivity index (χ0) is 21.8. The monoisotopic (exact) mass is 439 g/mol. The van der Waals surface area contributed by atoms with E-state index in [2.05, 4.69) is 41.1 Å². The van der Waals surface area contributed by atoms with Gasteiger partial charge in [0.05, 0.1) is 11.2 Å². The van der Waals surface area contributed by atoms with Gasteiger partial charge in [-0.1, -0.05) is 43.7 Å². The largest absolute Gasteiger partial charge is 0.342 e. The van der Waals surface area contributed by atoms with E-state index in [0.29, 0.717) is 11.8 Å². The van der Waals surface area contributed by atoms with Gasteiger partial charge in [-0.05, 0) is 50.5 Å². The number of carbonyl (C=O) groups is 2. The van der Waals surface area contributed by atoms with Gasteiger partial charge in [-0.2, -0.15) is 0 Å². The van der Waals surface area contributed by atoms with Crippen molar-refractivity contribution in [2.24, 2.45) is 11.3 Å². The van der Waals surface area contributed by atoms with E-state index < -0.39 is 0 Å². The molecule has 31 heavy (non-hydrogen) atoms. The highest BCUT2D eigenvalue weighted by Crippen LogP contribution is 2.43. The normalized spacial score (nSPS) is 23.1. The van der Waals surface area contributed by atoms with Gasteiger partial charge in [-0.25, -0.2) is 4.98 Å². The predicted molar refractivity (Wildman–Crippen MR) is 124 cm³/mol. The molecule has 1 aromatic carbocycles. The molecule has 1 atom stereocenters. The molecule has 5 nitrogen and oxygen atoms in total. The Morgan fingerprint density at radius 3 is 2.58 bits per heavy atom. The van der Waals surface area contributed by atoms with Crippen LogP contribution < -0.4 is 0 Å². The summed E-state index contributed by atoms with van der Waals surface area (Å²) in [7, 11) is 0. The van der Waals surface area contributed by atoms with Crippen molar-refractivity contribution in [1.82, 2.24) is 14.8 Å². The van der Waals surface area contributed by atoms with E-state index in [0.717, 1.165) is 75.3 Å². The van der Waals surface area contributed by atoms with Crippen LogP contribution in [0.5, 0.6) is 0 Å². The summed E-state index contributed by atoms with van der Waals surface area (Å²) >= 11 is 1.42. The highest BCUT2D eigenvalue weighted by atomic mass is 32.1. The number of hydrogen-bond acceptors (Lipinski definition) is 4. The molecule has 2 fully saturated rings. The third kappa shape index (κ3) is 4.69. The van der Waals surface area contributed by atoms with Crippen LogP contribution in [-0.4, -0.2) is 52.8 Å². The van der Waals surface area contributed by atoms with Gasteiger partial charge in [0.2, 0.25) is 5.91 Å². The smallest absolute Gasteiger partial charge is 0.265 e. The molecule has 2 aliphatic rings. The first-order valence-corrected chi connectivity index (χ1v) is 12.4. The number of carbonyl (C=O) groups excluding carboxylic acids is 2. The first-order valence-electron chi connectivity index (χ1n) is 11.5. The molecule has 2 aliphatic heterocycles. The minimum absolute atomic E-state index is 0.0975. The summed E-state index contributed by atoms with van der Waals surface area (Å²) in [5.74, 6) is 0.758. The second-order valence-electron chi connectivity index (χ2n) is 9.24. The van der Waals surface area contributed by atoms with Crippen molar-refractivity contribution in [3.63, 3.8) is 0 Å². The van der Waals surface area contributed by atoms with Crippen LogP contribution >= 0.6 is 11.3 Å². The van der Waals surface area contributed by atoms with Crippen molar-refractivity contribution in [2.75, 3.05) is 26.2 Å². The van der Waals surface area contributed by atoms with E-state index in [1.807, 2.05) is 17.9 Å². The fourth-order valence-electron chi connectivity index (χ4n) is 5.24. The highest BCUT2D eigenvalue weighted by molar-refractivity contribution is 7.11. The molecule has 1 aromatic heterocycles. The molecular formula is C25H33N3O2S. The van der Waals surface area contributed by atoms with Crippen LogP contribution in [0.2, 0.25) is 0 Å². The van der Waals surface area contributed by atoms with E-state index in [-0.39, 0.29) is 11.3 Å². The maximum Gasteiger partial charge on any atom is 0.265 e. The number of hydrogen-bond donors (Lipinski definition) is 0. The lowest BCUT2D eigenvalue weighted by atomic mass is 9.69. The van der Waals surface area contributed by atoms with Crippen molar-refractivity contribution in [1.29, 1.82) is 0 Å². The Hall–Kier alpha value is -2.21. The van der Waals surface area contributed by atoms with Crippen LogP contribution in [-0.2, 0) is 11.2 Å². The molecule has 0 radical (unpaired) electrons. The summed E-state index contributed by atoms with van der Waals surface area (Å²) in [6.45, 7) is 7.20. The first-order chi connectivity index (χ1) is 15.0. The van der Waals surface area contributed by atoms with Gasteiger partial charge in [0.1, 0.15) is 4.88 Å². The average molecular weight is 440 g/mol. The lowest BCUT2D eigenvalue weighted by Crippen LogP contribution is -2.49. The Morgan fingerprint density at radius 1 is 1.16 bits per heavy atom. The van der Waals surface area contributed by atoms with E-state index >= 15 is 0 Å². The third-order valence-corrected chi connectivity index (χ3v) is 8.20. The zero-order valence-corrected chi connectivity index (χ0v) is 19.5. The quantitative estimate of drug-likeness (QED) is 0.686. The molecule has 2 saturated heterocycles. The summed E-state index contributed by atoms with van der Waals surface area (Å²) in [5, 5.41) is 0. The van der Waals surface area contributed by atoms with Crippen molar-refractivity contribution in [3.8, 4) is 0 Å². The fraction of sp³-hybridized carbons (Fsp3) is 0.560. The summed E-state index contributed by atoms with van der Waals surface area (Å²) in [4.78, 5) is 35.6. The van der Waals surface area contributed by atoms with Crippen molar-refractivity contribution < 1.29 is 9.59 Å². The standard InChI is InChI=1S/C25H33N3O2S/c1-19-22(31-18-26-19)23(29)27-16-11-21(12-17-27)25(2)13-6-7-14-28(24(25)30)15-10-20-8-4-3-5-9-20/h3-5,8-9,18,21H,6-7,10-17H2,1-2H3. The minimum atomic E-state index is -0.317. The molecule has 0 saturated carbocycles. The van der Waals surface area contributed by atoms with E-state index in [1.54, 1.807) is 5.51 Å². The number of aromatic nitrogens is 1. The molecular weight excluding hydrogens is 406 g/mol. The average Bonchev–Trinajstić information content (AvgIpc) is 3.17. The number of amides is 2. The minimum Gasteiger partial charge on any atom is -0.342 e. The van der Waals surface area contributed by atoms with Crippen molar-refractivity contribution in [3.05, 3.63) is 52.0 Å². The SMILES string of the molecule is Cc1ncsc1C(=O)N1CCC(C2(C)CCCCN(CCc3ccccc3)C2=O)CC1. The van der Waals surface area contributed by atoms with Gasteiger partial charge in [0.25, 0.3) is 5.91 Å². The van der Waals surface area contributed by atoms with Gasteiger partial charge in [0.15, 0.2) is 0 Å². The van der Waals surface area contributed by atoms with Gasteiger partial charge in [0, 0.05) is 31.6 Å². The second kappa shape index (κ2) is 9.51. The molecule has 4 rings (SSSR count). The first kappa shape index (κ1) is 22.0. The highest BCUT2D eigenvalue weighted by Gasteiger charge is 2.45. The van der Waals surface area contributed by atoms with Crippen LogP contribution in [0.25, 0.3) is 0 Å². The number of thiazole rings is 1. The van der Waals surface area contributed by atoms with Crippen LogP contribution in [0.1, 0.15) is 60.0 Å². The molecule has 0 bridgehead atoms. The summed E-state index contributed by atoms with van der Waals surface area (Å²) in [5.41, 5.74) is 3.52. The molecule has 2 aromatic rings. The molecule has 2 amide bonds. The molecule has 1 unspecified atom stereocenters. The number of nitrogens with zero attached hydrogens (tertiary/aromatic N) is 3. The number of benzene rings is 1. The molecule has 0 aliphatic carbocycles. The predicted octanol–water partition coefficient (Wildman–Crippen LogP) is 4.57. The molecule has 166 valence electrons. The Bertz CT molecular complexity index is 905. The lowest BCUT2D eigenvalue weighted by Gasteiger charge is -2.43. The van der Waals surface area contributed by atoms with Crippen LogP contribution in [0, 0.1) is 18.3 Å². The zero-order valence-electron chi connectivity index (χ0n) is 18.7. The second-order valence-corrected chi connectivity index (χ2v) is 10.1. The topological polar surface area (TPSA) is 53.5 Å².